The first kappa shape index (κ1) is 14.0. The van der Waals surface area contributed by atoms with E-state index in [4.69, 9.17) is 0 Å². The van der Waals surface area contributed by atoms with Crippen LogP contribution in [0.2, 0.25) is 0 Å². The molecule has 1 aromatic heterocycles. The summed E-state index contributed by atoms with van der Waals surface area (Å²) in [6.07, 6.45) is -3.99. The molecule has 0 aliphatic heterocycles. The quantitative estimate of drug-likeness (QED) is 0.631. The monoisotopic (exact) mass is 265 g/mol. The van der Waals surface area contributed by atoms with Gasteiger partial charge in [0.25, 0.3) is 5.56 Å². The molecular formula is C9H10F3N3O3. The lowest BCUT2D eigenvalue weighted by Crippen LogP contribution is -2.16. The number of carbonyl (C=O) groups excluding carboxylic acids is 1. The largest absolute Gasteiger partial charge is 0.468 e. The van der Waals surface area contributed by atoms with Crippen molar-refractivity contribution in [3.8, 4) is 0 Å². The smallest absolute Gasteiger partial charge is 0.433 e. The minimum Gasteiger partial charge on any atom is -0.468 e. The summed E-state index contributed by atoms with van der Waals surface area (Å²) in [5, 5.41) is 1.88. The number of aromatic amines is 1. The molecule has 0 atom stereocenters. The third kappa shape index (κ3) is 2.99. The maximum absolute atomic E-state index is 12.6. The predicted octanol–water partition coefficient (Wildman–Crippen LogP) is 0.324. The van der Waals surface area contributed by atoms with Gasteiger partial charge in [0.2, 0.25) is 0 Å². The van der Waals surface area contributed by atoms with Crippen LogP contribution < -0.4 is 5.56 Å². The fourth-order valence-electron chi connectivity index (χ4n) is 1.18. The van der Waals surface area contributed by atoms with Crippen molar-refractivity contribution in [1.29, 1.82) is 0 Å². The number of nitrogens with one attached hydrogen (secondary N) is 1. The predicted molar refractivity (Wildman–Crippen MR) is 55.5 cm³/mol. The van der Waals surface area contributed by atoms with Gasteiger partial charge in [-0.3, -0.25) is 24.4 Å². The lowest BCUT2D eigenvalue weighted by atomic mass is 10.2. The molecule has 1 N–H and O–H groups in total. The fraction of sp³-hybridized carbons (Fsp3) is 0.444. The number of alkyl halides is 3. The van der Waals surface area contributed by atoms with Crippen molar-refractivity contribution in [1.82, 2.24) is 9.78 Å². The van der Waals surface area contributed by atoms with Gasteiger partial charge in [-0.25, -0.2) is 0 Å². The Morgan fingerprint density at radius 3 is 2.67 bits per heavy atom. The third-order valence-electron chi connectivity index (χ3n) is 2.04. The molecule has 0 saturated carbocycles. The first-order valence-electron chi connectivity index (χ1n) is 4.70. The molecule has 0 saturated heterocycles. The zero-order valence-corrected chi connectivity index (χ0v) is 9.54. The molecule has 0 unspecified atom stereocenters. The summed E-state index contributed by atoms with van der Waals surface area (Å²) in [6.45, 7) is -0.456. The molecule has 0 spiro atoms. The zero-order valence-electron chi connectivity index (χ0n) is 9.54. The minimum absolute atomic E-state index is 0.456. The van der Waals surface area contributed by atoms with E-state index in [0.717, 1.165) is 14.2 Å². The van der Waals surface area contributed by atoms with Crippen LogP contribution in [-0.4, -0.2) is 35.6 Å². The summed E-state index contributed by atoms with van der Waals surface area (Å²) in [4.78, 5) is 25.6. The molecule has 0 fully saturated rings. The van der Waals surface area contributed by atoms with Gasteiger partial charge in [0.1, 0.15) is 6.54 Å². The molecule has 0 radical (unpaired) electrons. The molecule has 100 valence electrons. The van der Waals surface area contributed by atoms with Crippen LogP contribution in [0.1, 0.15) is 11.3 Å². The van der Waals surface area contributed by atoms with E-state index in [-0.39, 0.29) is 0 Å². The zero-order chi connectivity index (χ0) is 13.9. The number of rotatable bonds is 3. The van der Waals surface area contributed by atoms with Gasteiger partial charge in [0.05, 0.1) is 12.7 Å². The van der Waals surface area contributed by atoms with Crippen LogP contribution in [0.4, 0.5) is 13.2 Å². The Balaban J connectivity index is 3.08. The van der Waals surface area contributed by atoms with Crippen LogP contribution in [0.15, 0.2) is 9.79 Å². The highest BCUT2D eigenvalue weighted by atomic mass is 19.4. The van der Waals surface area contributed by atoms with E-state index in [0.29, 0.717) is 10.9 Å². The van der Waals surface area contributed by atoms with Crippen molar-refractivity contribution in [2.45, 2.75) is 6.18 Å². The van der Waals surface area contributed by atoms with Crippen molar-refractivity contribution < 1.29 is 22.7 Å². The Hall–Kier alpha value is -2.06. The number of esters is 1. The number of aromatic nitrogens is 2. The van der Waals surface area contributed by atoms with Crippen molar-refractivity contribution in [2.75, 3.05) is 13.7 Å². The van der Waals surface area contributed by atoms with Gasteiger partial charge in [0, 0.05) is 13.3 Å². The first-order valence-corrected chi connectivity index (χ1v) is 4.70. The van der Waals surface area contributed by atoms with Gasteiger partial charge in [0.15, 0.2) is 5.69 Å². The Morgan fingerprint density at radius 1 is 1.56 bits per heavy atom. The minimum atomic E-state index is -4.70. The number of halogens is 3. The average Bonchev–Trinajstić information content (AvgIpc) is 2.56. The molecule has 0 aromatic carbocycles. The van der Waals surface area contributed by atoms with Crippen molar-refractivity contribution in [3.05, 3.63) is 21.6 Å². The fourth-order valence-corrected chi connectivity index (χ4v) is 1.18. The van der Waals surface area contributed by atoms with Crippen LogP contribution in [0.25, 0.3) is 0 Å². The van der Waals surface area contributed by atoms with E-state index in [2.05, 4.69) is 9.73 Å². The topological polar surface area (TPSA) is 76.4 Å². The Kier molecular flexibility index (Phi) is 3.94. The standard InChI is InChI=1S/C9H10F3N3O3/c1-15-8(17)5(3-13-4-6(16)18-2)7(14-15)9(10,11)12/h3,14H,4H2,1-2H3. The van der Waals surface area contributed by atoms with Crippen LogP contribution in [0.5, 0.6) is 0 Å². The van der Waals surface area contributed by atoms with Crippen LogP contribution >= 0.6 is 0 Å². The summed E-state index contributed by atoms with van der Waals surface area (Å²) < 4.78 is 42.6. The second kappa shape index (κ2) is 5.07. The second-order valence-corrected chi connectivity index (χ2v) is 3.31. The highest BCUT2D eigenvalue weighted by molar-refractivity contribution is 5.83. The van der Waals surface area contributed by atoms with Gasteiger partial charge in [-0.2, -0.15) is 13.2 Å². The van der Waals surface area contributed by atoms with Gasteiger partial charge in [-0.1, -0.05) is 0 Å². The number of hydrogen-bond donors (Lipinski definition) is 1. The Labute approximate surface area is 99.1 Å². The number of aryl methyl sites for hydroxylation is 1. The lowest BCUT2D eigenvalue weighted by molar-refractivity contribution is -0.141. The third-order valence-corrected chi connectivity index (χ3v) is 2.04. The second-order valence-electron chi connectivity index (χ2n) is 3.31. The van der Waals surface area contributed by atoms with Crippen LogP contribution in [0.3, 0.4) is 0 Å². The van der Waals surface area contributed by atoms with Gasteiger partial charge >= 0.3 is 12.1 Å². The molecule has 0 aliphatic carbocycles. The van der Waals surface area contributed by atoms with Crippen molar-refractivity contribution in [3.63, 3.8) is 0 Å². The molecule has 1 aromatic rings. The molecule has 9 heteroatoms. The number of hydrogen-bond acceptors (Lipinski definition) is 4. The first-order chi connectivity index (χ1) is 8.27. The van der Waals surface area contributed by atoms with Gasteiger partial charge in [-0.15, -0.1) is 0 Å². The van der Waals surface area contributed by atoms with Crippen molar-refractivity contribution in [2.24, 2.45) is 12.0 Å². The number of carbonyl (C=O) groups is 1. The number of nitrogens with zero attached hydrogens (tertiary/aromatic N) is 2. The Bertz CT molecular complexity index is 527. The van der Waals surface area contributed by atoms with Gasteiger partial charge < -0.3 is 4.74 Å². The summed E-state index contributed by atoms with van der Waals surface area (Å²) in [7, 11) is 2.27. The average molecular weight is 265 g/mol. The number of H-pyrrole nitrogens is 1. The summed E-state index contributed by atoms with van der Waals surface area (Å²) in [5.41, 5.74) is -2.73. The summed E-state index contributed by atoms with van der Waals surface area (Å²) in [6, 6.07) is 0. The maximum Gasteiger partial charge on any atom is 0.433 e. The van der Waals surface area contributed by atoms with Crippen LogP contribution in [-0.2, 0) is 22.8 Å². The molecule has 6 nitrogen and oxygen atoms in total. The molecule has 1 heterocycles. The van der Waals surface area contributed by atoms with E-state index >= 15 is 0 Å². The van der Waals surface area contributed by atoms with E-state index in [9.17, 15) is 22.8 Å². The number of aliphatic imine (C=N–C) groups is 1. The molecule has 0 aliphatic rings. The number of methoxy groups -OCH3 is 1. The van der Waals surface area contributed by atoms with E-state index < -0.39 is 35.5 Å². The highest BCUT2D eigenvalue weighted by Gasteiger charge is 2.37. The lowest BCUT2D eigenvalue weighted by Gasteiger charge is -2.03. The maximum atomic E-state index is 12.6. The molecule has 18 heavy (non-hydrogen) atoms. The molecule has 1 rings (SSSR count). The normalized spacial score (nSPS) is 12.1. The van der Waals surface area contributed by atoms with E-state index in [1.54, 1.807) is 0 Å². The Morgan fingerprint density at radius 2 is 2.17 bits per heavy atom. The summed E-state index contributed by atoms with van der Waals surface area (Å²) >= 11 is 0. The van der Waals surface area contributed by atoms with Crippen molar-refractivity contribution >= 4 is 12.2 Å². The SMILES string of the molecule is COC(=O)CN=Cc1c(C(F)(F)F)[nH]n(C)c1=O. The molecular weight excluding hydrogens is 255 g/mol. The van der Waals surface area contributed by atoms with Crippen LogP contribution in [0, 0.1) is 0 Å². The van der Waals surface area contributed by atoms with E-state index in [1.807, 2.05) is 5.10 Å². The molecule has 0 amide bonds. The summed E-state index contributed by atoms with van der Waals surface area (Å²) in [5.74, 6) is -0.716. The van der Waals surface area contributed by atoms with E-state index in [1.165, 1.54) is 0 Å². The highest BCUT2D eigenvalue weighted by Crippen LogP contribution is 2.28. The number of ether oxygens (including phenoxy) is 1. The van der Waals surface area contributed by atoms with Gasteiger partial charge in [-0.05, 0) is 0 Å². The molecule has 0 bridgehead atoms.